The number of hydrogen-bond acceptors (Lipinski definition) is 6. The van der Waals surface area contributed by atoms with E-state index in [4.69, 9.17) is 9.47 Å². The van der Waals surface area contributed by atoms with Crippen LogP contribution in [0.4, 0.5) is 0 Å². The number of hydrogen-bond donors (Lipinski definition) is 0. The predicted molar refractivity (Wildman–Crippen MR) is 115 cm³/mol. The molecule has 0 aromatic heterocycles. The highest BCUT2D eigenvalue weighted by Crippen LogP contribution is 2.40. The fourth-order valence-electron chi connectivity index (χ4n) is 3.33. The largest absolute Gasteiger partial charge is 0.494 e. The van der Waals surface area contributed by atoms with E-state index in [9.17, 15) is 9.59 Å². The standard InChI is InChI=1S/C22H28N2O4S/c1-5-6-12-27-17-9-7-16(8-10-17)20-19(21(26)28-14(2)3)15(4)23-22-24(20)18(25)11-13-29-22/h7-10,14,20H,5-6,11-13H2,1-4H3. The van der Waals surface area contributed by atoms with Crippen molar-refractivity contribution in [3.63, 3.8) is 0 Å². The first-order chi connectivity index (χ1) is 13.9. The lowest BCUT2D eigenvalue weighted by Gasteiger charge is -2.39. The monoisotopic (exact) mass is 416 g/mol. The number of aliphatic imine (C=N–C) groups is 1. The molecule has 1 aromatic carbocycles. The lowest BCUT2D eigenvalue weighted by molar-refractivity contribution is -0.143. The average Bonchev–Trinajstić information content (AvgIpc) is 2.67. The molecule has 2 aliphatic heterocycles. The highest BCUT2D eigenvalue weighted by Gasteiger charge is 2.41. The van der Waals surface area contributed by atoms with Crippen LogP contribution in [0.3, 0.4) is 0 Å². The van der Waals surface area contributed by atoms with Gasteiger partial charge in [-0.25, -0.2) is 9.79 Å². The number of benzene rings is 1. The Labute approximate surface area is 176 Å². The van der Waals surface area contributed by atoms with E-state index < -0.39 is 12.0 Å². The summed E-state index contributed by atoms with van der Waals surface area (Å²) in [5.74, 6) is 1.01. The van der Waals surface area contributed by atoms with Gasteiger partial charge < -0.3 is 9.47 Å². The average molecular weight is 417 g/mol. The van der Waals surface area contributed by atoms with Crippen LogP contribution >= 0.6 is 11.8 Å². The molecule has 1 amide bonds. The molecule has 0 saturated carbocycles. The van der Waals surface area contributed by atoms with Crippen molar-refractivity contribution < 1.29 is 19.1 Å². The van der Waals surface area contributed by atoms with Gasteiger partial charge in [-0.1, -0.05) is 37.2 Å². The fraction of sp³-hybridized carbons (Fsp3) is 0.500. The SMILES string of the molecule is CCCCOc1ccc(C2C(C(=O)OC(C)C)=C(C)N=C3SCCC(=O)N32)cc1. The number of fused-ring (bicyclic) bond motifs is 1. The molecule has 0 aliphatic carbocycles. The molecular formula is C22H28N2O4S. The summed E-state index contributed by atoms with van der Waals surface area (Å²) in [4.78, 5) is 31.9. The van der Waals surface area contributed by atoms with Crippen LogP contribution in [-0.2, 0) is 14.3 Å². The summed E-state index contributed by atoms with van der Waals surface area (Å²) in [6.07, 6.45) is 2.23. The maximum Gasteiger partial charge on any atom is 0.338 e. The van der Waals surface area contributed by atoms with Crippen LogP contribution in [0.25, 0.3) is 0 Å². The van der Waals surface area contributed by atoms with Gasteiger partial charge in [0.15, 0.2) is 5.17 Å². The molecule has 1 aromatic rings. The number of nitrogens with zero attached hydrogens (tertiary/aromatic N) is 2. The topological polar surface area (TPSA) is 68.2 Å². The number of amidine groups is 1. The number of allylic oxidation sites excluding steroid dienone is 1. The quantitative estimate of drug-likeness (QED) is 0.485. The van der Waals surface area contributed by atoms with Crippen molar-refractivity contribution in [2.45, 2.75) is 59.1 Å². The van der Waals surface area contributed by atoms with Crippen molar-refractivity contribution in [2.75, 3.05) is 12.4 Å². The molecule has 2 aliphatic rings. The number of ether oxygens (including phenoxy) is 2. The zero-order valence-electron chi connectivity index (χ0n) is 17.4. The van der Waals surface area contributed by atoms with Gasteiger partial charge in [-0.15, -0.1) is 0 Å². The van der Waals surface area contributed by atoms with Crippen LogP contribution < -0.4 is 4.74 Å². The fourth-order valence-corrected chi connectivity index (χ4v) is 4.34. The van der Waals surface area contributed by atoms with Gasteiger partial charge in [-0.05, 0) is 44.9 Å². The summed E-state index contributed by atoms with van der Waals surface area (Å²) < 4.78 is 11.2. The van der Waals surface area contributed by atoms with Crippen molar-refractivity contribution in [2.24, 2.45) is 4.99 Å². The highest BCUT2D eigenvalue weighted by molar-refractivity contribution is 8.14. The van der Waals surface area contributed by atoms with Crippen molar-refractivity contribution in [3.05, 3.63) is 41.1 Å². The summed E-state index contributed by atoms with van der Waals surface area (Å²) in [6.45, 7) is 8.21. The Morgan fingerprint density at radius 3 is 2.69 bits per heavy atom. The summed E-state index contributed by atoms with van der Waals surface area (Å²) in [5, 5.41) is 0.646. The zero-order chi connectivity index (χ0) is 21.0. The van der Waals surface area contributed by atoms with Crippen LogP contribution in [0.15, 0.2) is 40.5 Å². The first-order valence-electron chi connectivity index (χ1n) is 10.1. The minimum Gasteiger partial charge on any atom is -0.494 e. The van der Waals surface area contributed by atoms with Crippen molar-refractivity contribution >= 4 is 28.8 Å². The number of unbranched alkanes of at least 4 members (excludes halogenated alkanes) is 1. The van der Waals surface area contributed by atoms with E-state index in [2.05, 4.69) is 11.9 Å². The van der Waals surface area contributed by atoms with Crippen LogP contribution in [-0.4, -0.2) is 40.4 Å². The van der Waals surface area contributed by atoms with Gasteiger partial charge in [0.05, 0.1) is 30.0 Å². The molecule has 3 rings (SSSR count). The Morgan fingerprint density at radius 1 is 1.31 bits per heavy atom. The lowest BCUT2D eigenvalue weighted by Crippen LogP contribution is -2.46. The van der Waals surface area contributed by atoms with E-state index in [0.717, 1.165) is 24.2 Å². The number of amides is 1. The molecule has 29 heavy (non-hydrogen) atoms. The smallest absolute Gasteiger partial charge is 0.338 e. The second-order valence-corrected chi connectivity index (χ2v) is 8.45. The molecule has 0 spiro atoms. The third-order valence-corrected chi connectivity index (χ3v) is 5.69. The summed E-state index contributed by atoms with van der Waals surface area (Å²) >= 11 is 1.54. The first-order valence-corrected chi connectivity index (χ1v) is 11.1. The number of esters is 1. The molecule has 1 atom stereocenters. The van der Waals surface area contributed by atoms with E-state index in [-0.39, 0.29) is 12.0 Å². The molecule has 6 nitrogen and oxygen atoms in total. The van der Waals surface area contributed by atoms with E-state index in [0.29, 0.717) is 35.2 Å². The third-order valence-electron chi connectivity index (χ3n) is 4.73. The number of rotatable bonds is 7. The highest BCUT2D eigenvalue weighted by atomic mass is 32.2. The molecule has 156 valence electrons. The van der Waals surface area contributed by atoms with E-state index >= 15 is 0 Å². The number of thioether (sulfide) groups is 1. The van der Waals surface area contributed by atoms with Gasteiger partial charge in [-0.2, -0.15) is 0 Å². The summed E-state index contributed by atoms with van der Waals surface area (Å²) in [6, 6.07) is 7.06. The minimum absolute atomic E-state index is 0.0295. The minimum atomic E-state index is -0.543. The normalized spacial score (nSPS) is 19.2. The Hall–Kier alpha value is -2.28. The molecule has 2 heterocycles. The van der Waals surface area contributed by atoms with Crippen molar-refractivity contribution in [1.29, 1.82) is 0 Å². The zero-order valence-corrected chi connectivity index (χ0v) is 18.3. The molecule has 1 fully saturated rings. The van der Waals surface area contributed by atoms with E-state index in [1.807, 2.05) is 38.1 Å². The third kappa shape index (κ3) is 4.83. The maximum absolute atomic E-state index is 12.9. The van der Waals surface area contributed by atoms with Crippen LogP contribution in [0, 0.1) is 0 Å². The molecule has 1 unspecified atom stereocenters. The van der Waals surface area contributed by atoms with Crippen LogP contribution in [0.5, 0.6) is 5.75 Å². The van der Waals surface area contributed by atoms with Crippen LogP contribution in [0.1, 0.15) is 58.6 Å². The number of carbonyl (C=O) groups excluding carboxylic acids is 2. The second-order valence-electron chi connectivity index (χ2n) is 7.38. The molecule has 7 heteroatoms. The Balaban J connectivity index is 1.98. The molecule has 0 bridgehead atoms. The van der Waals surface area contributed by atoms with E-state index in [1.54, 1.807) is 23.6 Å². The van der Waals surface area contributed by atoms with Gasteiger partial charge in [0.1, 0.15) is 5.75 Å². The Kier molecular flexibility index (Phi) is 7.00. The molecule has 0 N–H and O–H groups in total. The second kappa shape index (κ2) is 9.48. The Morgan fingerprint density at radius 2 is 2.03 bits per heavy atom. The summed E-state index contributed by atoms with van der Waals surface area (Å²) in [7, 11) is 0. The molecule has 1 saturated heterocycles. The number of carbonyl (C=O) groups is 2. The van der Waals surface area contributed by atoms with E-state index in [1.165, 1.54) is 0 Å². The van der Waals surface area contributed by atoms with Gasteiger partial charge in [0.25, 0.3) is 0 Å². The lowest BCUT2D eigenvalue weighted by atomic mass is 9.94. The summed E-state index contributed by atoms with van der Waals surface area (Å²) in [5.41, 5.74) is 1.85. The molecular weight excluding hydrogens is 388 g/mol. The predicted octanol–water partition coefficient (Wildman–Crippen LogP) is 4.47. The van der Waals surface area contributed by atoms with Crippen molar-refractivity contribution in [1.82, 2.24) is 4.90 Å². The van der Waals surface area contributed by atoms with Crippen LogP contribution in [0.2, 0.25) is 0 Å². The first kappa shape index (κ1) is 21.4. The van der Waals surface area contributed by atoms with Gasteiger partial charge in [0.2, 0.25) is 5.91 Å². The maximum atomic E-state index is 12.9. The van der Waals surface area contributed by atoms with Gasteiger partial charge >= 0.3 is 5.97 Å². The van der Waals surface area contributed by atoms with Gasteiger partial charge in [0, 0.05) is 12.2 Å². The van der Waals surface area contributed by atoms with Gasteiger partial charge in [-0.3, -0.25) is 9.69 Å². The Bertz CT molecular complexity index is 830. The molecule has 0 radical (unpaired) electrons. The van der Waals surface area contributed by atoms with Crippen molar-refractivity contribution in [3.8, 4) is 5.75 Å².